The molecule has 0 aliphatic heterocycles. The molecule has 0 aliphatic rings. The van der Waals surface area contributed by atoms with E-state index >= 15 is 0 Å². The van der Waals surface area contributed by atoms with Gasteiger partial charge in [-0.3, -0.25) is 4.57 Å². The van der Waals surface area contributed by atoms with Gasteiger partial charge in [0.05, 0.1) is 27.7 Å². The highest BCUT2D eigenvalue weighted by Crippen LogP contribution is 2.38. The Labute approximate surface area is 323 Å². The summed E-state index contributed by atoms with van der Waals surface area (Å²) in [6, 6.07) is 0. The third-order valence-corrected chi connectivity index (χ3v) is 10.4. The summed E-state index contributed by atoms with van der Waals surface area (Å²) in [5, 5.41) is 0. The smallest absolute Gasteiger partial charge is 0.268 e. The van der Waals surface area contributed by atoms with Crippen LogP contribution in [0.2, 0.25) is 0 Å². The minimum Gasteiger partial charge on any atom is -0.756 e. The average molecular weight is 754 g/mol. The Bertz CT molecular complexity index is 931. The molecule has 0 amide bonds. The maximum Gasteiger partial charge on any atom is 0.268 e. The first-order chi connectivity index (χ1) is 25.2. The van der Waals surface area contributed by atoms with Crippen molar-refractivity contribution in [1.82, 2.24) is 0 Å². The highest BCUT2D eigenvalue weighted by molar-refractivity contribution is 7.45. The Balaban J connectivity index is 4.23. The van der Waals surface area contributed by atoms with Crippen molar-refractivity contribution in [2.24, 2.45) is 0 Å². The van der Waals surface area contributed by atoms with E-state index in [1.54, 1.807) is 0 Å². The Kier molecular flexibility index (Phi) is 37.2. The molecule has 306 valence electrons. The lowest BCUT2D eigenvalue weighted by molar-refractivity contribution is -0.870. The largest absolute Gasteiger partial charge is 0.756 e. The van der Waals surface area contributed by atoms with Crippen LogP contribution in [0.5, 0.6) is 0 Å². The first-order valence-electron chi connectivity index (χ1n) is 21.8. The summed E-state index contributed by atoms with van der Waals surface area (Å²) in [4.78, 5) is 12.3. The standard InChI is InChI=1S/C44H84NO6P/c1-6-8-10-12-14-16-18-20-22-24-26-28-30-32-34-36-39-48-42-44(43-51-52(46,47)50-41-38-45(3,4)5)49-40-37-35-33-31-29-27-25-23-21-19-17-15-13-11-9-7-2/h44H,6-35,38,41-43H2,1-5H3/t44-/m1/s1. The second-order valence-electron chi connectivity index (χ2n) is 15.9. The first kappa shape index (κ1) is 50.8. The summed E-state index contributed by atoms with van der Waals surface area (Å²) in [5.74, 6) is 6.14. The van der Waals surface area contributed by atoms with E-state index < -0.39 is 13.9 Å². The van der Waals surface area contributed by atoms with E-state index in [-0.39, 0.29) is 19.8 Å². The van der Waals surface area contributed by atoms with Crippen molar-refractivity contribution < 1.29 is 32.5 Å². The molecule has 0 spiro atoms. The predicted octanol–water partition coefficient (Wildman–Crippen LogP) is 12.3. The zero-order valence-corrected chi connectivity index (χ0v) is 35.9. The molecule has 2 atom stereocenters. The van der Waals surface area contributed by atoms with Crippen molar-refractivity contribution in [3.8, 4) is 24.1 Å². The number of quaternary nitrogens is 1. The van der Waals surface area contributed by atoms with Gasteiger partial charge in [0.2, 0.25) is 0 Å². The minimum atomic E-state index is -4.47. The van der Waals surface area contributed by atoms with Crippen LogP contribution >= 0.6 is 7.82 Å². The van der Waals surface area contributed by atoms with E-state index in [9.17, 15) is 9.46 Å². The van der Waals surface area contributed by atoms with Gasteiger partial charge in [-0.1, -0.05) is 193 Å². The predicted molar refractivity (Wildman–Crippen MR) is 219 cm³/mol. The van der Waals surface area contributed by atoms with E-state index in [2.05, 4.69) is 37.9 Å². The maximum absolute atomic E-state index is 12.3. The van der Waals surface area contributed by atoms with E-state index in [0.29, 0.717) is 11.0 Å². The molecule has 0 aromatic rings. The molecule has 0 heterocycles. The van der Waals surface area contributed by atoms with Crippen LogP contribution in [0.1, 0.15) is 206 Å². The summed E-state index contributed by atoms with van der Waals surface area (Å²) < 4.78 is 34.2. The van der Waals surface area contributed by atoms with Crippen LogP contribution in [0.3, 0.4) is 0 Å². The van der Waals surface area contributed by atoms with Gasteiger partial charge >= 0.3 is 0 Å². The molecule has 7 nitrogen and oxygen atoms in total. The lowest BCUT2D eigenvalue weighted by Crippen LogP contribution is -2.37. The molecule has 0 saturated carbocycles. The van der Waals surface area contributed by atoms with Gasteiger partial charge in [-0.15, -0.1) is 0 Å². The Morgan fingerprint density at radius 1 is 0.519 bits per heavy atom. The van der Waals surface area contributed by atoms with Crippen molar-refractivity contribution in [3.63, 3.8) is 0 Å². The van der Waals surface area contributed by atoms with Crippen LogP contribution in [0.25, 0.3) is 0 Å². The molecule has 52 heavy (non-hydrogen) atoms. The van der Waals surface area contributed by atoms with Crippen LogP contribution in [-0.4, -0.2) is 58.1 Å². The number of phosphoric ester groups is 1. The fraction of sp³-hybridized carbons (Fsp3) is 0.909. The zero-order valence-electron chi connectivity index (χ0n) is 35.0. The average Bonchev–Trinajstić information content (AvgIpc) is 3.10. The van der Waals surface area contributed by atoms with Gasteiger partial charge in [-0.2, -0.15) is 0 Å². The van der Waals surface area contributed by atoms with Crippen molar-refractivity contribution in [2.75, 3.05) is 47.5 Å². The van der Waals surface area contributed by atoms with Crippen LogP contribution in [-0.2, 0) is 23.1 Å². The van der Waals surface area contributed by atoms with Gasteiger partial charge in [0.25, 0.3) is 7.82 Å². The third-order valence-electron chi connectivity index (χ3n) is 9.45. The van der Waals surface area contributed by atoms with Gasteiger partial charge in [0.15, 0.2) is 6.10 Å². The summed E-state index contributed by atoms with van der Waals surface area (Å²) in [7, 11) is 1.45. The molecule has 0 aromatic carbocycles. The van der Waals surface area contributed by atoms with Gasteiger partial charge in [0.1, 0.15) is 32.0 Å². The Morgan fingerprint density at radius 2 is 0.885 bits per heavy atom. The number of nitrogens with zero attached hydrogens (tertiary/aromatic N) is 1. The lowest BCUT2D eigenvalue weighted by Gasteiger charge is -2.27. The SMILES string of the molecule is CCCCCCCCCCCCCCCCC#COC[C@H](COP(=O)([O-])OCC[N+](C)(C)C)OC#CCCCCCCCCCCCCCCCC. The Hall–Kier alpha value is -1.21. The van der Waals surface area contributed by atoms with Gasteiger partial charge in [-0.05, 0) is 12.8 Å². The molecule has 0 saturated heterocycles. The highest BCUT2D eigenvalue weighted by Gasteiger charge is 2.18. The van der Waals surface area contributed by atoms with Crippen LogP contribution in [0, 0.1) is 24.1 Å². The number of phosphoric acid groups is 1. The molecule has 0 radical (unpaired) electrons. The normalized spacial score (nSPS) is 13.1. The number of unbranched alkanes of at least 4 members (excludes halogenated alkanes) is 28. The third kappa shape index (κ3) is 41.5. The van der Waals surface area contributed by atoms with E-state index in [1.807, 2.05) is 21.1 Å². The molecule has 0 aromatic heterocycles. The molecule has 0 bridgehead atoms. The van der Waals surface area contributed by atoms with Crippen LogP contribution in [0.4, 0.5) is 0 Å². The quantitative estimate of drug-likeness (QED) is 0.0270. The summed E-state index contributed by atoms with van der Waals surface area (Å²) in [5.41, 5.74) is 0. The summed E-state index contributed by atoms with van der Waals surface area (Å²) >= 11 is 0. The van der Waals surface area contributed by atoms with E-state index in [4.69, 9.17) is 18.5 Å². The Morgan fingerprint density at radius 3 is 1.27 bits per heavy atom. The van der Waals surface area contributed by atoms with Gasteiger partial charge < -0.3 is 27.9 Å². The molecule has 0 rings (SSSR count). The second kappa shape index (κ2) is 38.1. The number of likely N-dealkylation sites (N-methyl/N-ethyl adjacent to an activating group) is 1. The molecule has 1 unspecified atom stereocenters. The molecule has 0 N–H and O–H groups in total. The van der Waals surface area contributed by atoms with Gasteiger partial charge in [-0.25, -0.2) is 0 Å². The summed E-state index contributed by atoms with van der Waals surface area (Å²) in [6.07, 6.45) is 43.5. The van der Waals surface area contributed by atoms with Crippen LogP contribution in [0.15, 0.2) is 0 Å². The fourth-order valence-corrected chi connectivity index (χ4v) is 6.71. The molecule has 0 aliphatic carbocycles. The fourth-order valence-electron chi connectivity index (χ4n) is 5.98. The number of hydrogen-bond donors (Lipinski definition) is 0. The monoisotopic (exact) mass is 754 g/mol. The maximum atomic E-state index is 12.3. The van der Waals surface area contributed by atoms with Crippen molar-refractivity contribution in [2.45, 2.75) is 213 Å². The van der Waals surface area contributed by atoms with Crippen molar-refractivity contribution >= 4 is 7.82 Å². The first-order valence-corrected chi connectivity index (χ1v) is 23.3. The van der Waals surface area contributed by atoms with E-state index in [0.717, 1.165) is 25.7 Å². The molecule has 8 heteroatoms. The van der Waals surface area contributed by atoms with E-state index in [1.165, 1.54) is 167 Å². The highest BCUT2D eigenvalue weighted by atomic mass is 31.2. The topological polar surface area (TPSA) is 77.1 Å². The van der Waals surface area contributed by atoms with Crippen molar-refractivity contribution in [3.05, 3.63) is 0 Å². The minimum absolute atomic E-state index is 0.0516. The number of rotatable bonds is 38. The molecular weight excluding hydrogens is 669 g/mol. The summed E-state index contributed by atoms with van der Waals surface area (Å²) in [6.45, 7) is 4.97. The number of ether oxygens (including phenoxy) is 2. The van der Waals surface area contributed by atoms with Crippen molar-refractivity contribution in [1.29, 1.82) is 0 Å². The van der Waals surface area contributed by atoms with Gasteiger partial charge in [0, 0.05) is 12.8 Å². The second-order valence-corrected chi connectivity index (χ2v) is 17.3. The molecular formula is C44H84NO6P. The number of hydrogen-bond acceptors (Lipinski definition) is 6. The molecule has 0 fully saturated rings. The van der Waals surface area contributed by atoms with Crippen LogP contribution < -0.4 is 4.89 Å². The zero-order chi connectivity index (χ0) is 38.3. The lowest BCUT2D eigenvalue weighted by atomic mass is 10.0.